The number of nitrogens with one attached hydrogen (secondary N) is 1. The lowest BCUT2D eigenvalue weighted by Crippen LogP contribution is -2.18. The summed E-state index contributed by atoms with van der Waals surface area (Å²) in [6.45, 7) is 3.91. The molecule has 0 fully saturated rings. The second kappa shape index (κ2) is 6.23. The molecule has 130 valence electrons. The van der Waals surface area contributed by atoms with Crippen LogP contribution < -0.4 is 5.32 Å². The molecular weight excluding hydrogens is 331 g/mol. The number of anilines is 1. The zero-order chi connectivity index (χ0) is 18.2. The van der Waals surface area contributed by atoms with Crippen molar-refractivity contribution in [3.05, 3.63) is 59.4 Å². The van der Waals surface area contributed by atoms with Crippen molar-refractivity contribution >= 4 is 22.6 Å². The Morgan fingerprint density at radius 3 is 2.60 bits per heavy atom. The number of imidazole rings is 1. The van der Waals surface area contributed by atoms with Gasteiger partial charge in [0.25, 0.3) is 0 Å². The van der Waals surface area contributed by atoms with Gasteiger partial charge in [0.1, 0.15) is 6.54 Å². The number of nitrogens with zero attached hydrogens (tertiary/aromatic N) is 2. The number of aromatic nitrogens is 2. The molecule has 0 unspecified atom stereocenters. The number of carbonyl (C=O) groups is 1. The summed E-state index contributed by atoms with van der Waals surface area (Å²) in [5, 5.41) is 2.50. The number of aryl methyl sites for hydroxylation is 2. The van der Waals surface area contributed by atoms with Gasteiger partial charge in [-0.25, -0.2) is 4.98 Å². The Hall–Kier alpha value is -2.83. The van der Waals surface area contributed by atoms with Gasteiger partial charge in [0.05, 0.1) is 22.9 Å². The fourth-order valence-electron chi connectivity index (χ4n) is 2.57. The van der Waals surface area contributed by atoms with Crippen LogP contribution in [-0.2, 0) is 17.5 Å². The molecule has 0 saturated heterocycles. The van der Waals surface area contributed by atoms with E-state index in [9.17, 15) is 18.0 Å². The molecule has 4 nitrogen and oxygen atoms in total. The average molecular weight is 347 g/mol. The maximum Gasteiger partial charge on any atom is 0.416 e. The largest absolute Gasteiger partial charge is 0.416 e. The van der Waals surface area contributed by atoms with Crippen LogP contribution in [0.5, 0.6) is 0 Å². The van der Waals surface area contributed by atoms with Crippen LogP contribution in [0.25, 0.3) is 11.0 Å². The van der Waals surface area contributed by atoms with Gasteiger partial charge in [0, 0.05) is 5.69 Å². The first kappa shape index (κ1) is 17.0. The lowest BCUT2D eigenvalue weighted by molar-refractivity contribution is -0.137. The Morgan fingerprint density at radius 1 is 1.16 bits per heavy atom. The molecule has 0 aliphatic heterocycles. The lowest BCUT2D eigenvalue weighted by Gasteiger charge is -2.10. The highest BCUT2D eigenvalue weighted by molar-refractivity contribution is 5.91. The molecular formula is C18H16F3N3O. The molecule has 1 aromatic heterocycles. The normalized spacial score (nSPS) is 11.7. The van der Waals surface area contributed by atoms with Gasteiger partial charge >= 0.3 is 6.18 Å². The molecule has 0 aliphatic rings. The van der Waals surface area contributed by atoms with E-state index in [0.29, 0.717) is 0 Å². The molecule has 0 bridgehead atoms. The minimum Gasteiger partial charge on any atom is -0.325 e. The van der Waals surface area contributed by atoms with Crippen LogP contribution >= 0.6 is 0 Å². The standard InChI is InChI=1S/C18H16F3N3O/c1-11-6-15-16(7-12(11)2)24(10-22-15)9-17(25)23-14-5-3-4-13(8-14)18(19,20)21/h3-8,10H,9H2,1-2H3,(H,23,25). The number of fused-ring (bicyclic) bond motifs is 1. The minimum absolute atomic E-state index is 0.0325. The van der Waals surface area contributed by atoms with E-state index in [1.54, 1.807) is 10.9 Å². The van der Waals surface area contributed by atoms with E-state index in [1.165, 1.54) is 12.1 Å². The van der Waals surface area contributed by atoms with Gasteiger partial charge in [-0.3, -0.25) is 4.79 Å². The summed E-state index contributed by atoms with van der Waals surface area (Å²) in [5.41, 5.74) is 3.07. The van der Waals surface area contributed by atoms with Gasteiger partial charge in [0.2, 0.25) is 5.91 Å². The van der Waals surface area contributed by atoms with Crippen molar-refractivity contribution in [2.24, 2.45) is 0 Å². The molecule has 1 N–H and O–H groups in total. The Labute approximate surface area is 142 Å². The van der Waals surface area contributed by atoms with Gasteiger partial charge in [-0.05, 0) is 55.3 Å². The maximum atomic E-state index is 12.7. The van der Waals surface area contributed by atoms with Crippen molar-refractivity contribution in [2.75, 3.05) is 5.32 Å². The number of carbonyl (C=O) groups excluding carboxylic acids is 1. The lowest BCUT2D eigenvalue weighted by atomic mass is 10.1. The summed E-state index contributed by atoms with van der Waals surface area (Å²) in [7, 11) is 0. The Bertz CT molecular complexity index is 944. The van der Waals surface area contributed by atoms with Crippen LogP contribution in [0, 0.1) is 13.8 Å². The molecule has 3 rings (SSSR count). The number of benzene rings is 2. The molecule has 3 aromatic rings. The van der Waals surface area contributed by atoms with Crippen LogP contribution in [0.15, 0.2) is 42.7 Å². The van der Waals surface area contributed by atoms with Gasteiger partial charge in [-0.2, -0.15) is 13.2 Å². The van der Waals surface area contributed by atoms with E-state index < -0.39 is 17.6 Å². The van der Waals surface area contributed by atoms with E-state index in [1.807, 2.05) is 26.0 Å². The molecule has 0 saturated carbocycles. The Balaban J connectivity index is 1.78. The Kier molecular flexibility index (Phi) is 4.24. The SMILES string of the molecule is Cc1cc2ncn(CC(=O)Nc3cccc(C(F)(F)F)c3)c2cc1C. The van der Waals surface area contributed by atoms with Crippen LogP contribution in [-0.4, -0.2) is 15.5 Å². The topological polar surface area (TPSA) is 46.9 Å². The minimum atomic E-state index is -4.45. The van der Waals surface area contributed by atoms with Crippen LogP contribution in [0.2, 0.25) is 0 Å². The first-order valence-electron chi connectivity index (χ1n) is 7.63. The quantitative estimate of drug-likeness (QED) is 0.767. The monoisotopic (exact) mass is 347 g/mol. The molecule has 25 heavy (non-hydrogen) atoms. The molecule has 1 heterocycles. The molecule has 0 atom stereocenters. The van der Waals surface area contributed by atoms with E-state index >= 15 is 0 Å². The highest BCUT2D eigenvalue weighted by Gasteiger charge is 2.30. The van der Waals surface area contributed by atoms with E-state index in [4.69, 9.17) is 0 Å². The Morgan fingerprint density at radius 2 is 1.88 bits per heavy atom. The van der Waals surface area contributed by atoms with E-state index in [0.717, 1.165) is 34.3 Å². The third-order valence-corrected chi connectivity index (χ3v) is 4.02. The molecule has 0 spiro atoms. The predicted molar refractivity (Wildman–Crippen MR) is 89.3 cm³/mol. The van der Waals surface area contributed by atoms with Gasteiger partial charge in [-0.1, -0.05) is 6.07 Å². The predicted octanol–water partition coefficient (Wildman–Crippen LogP) is 4.31. The summed E-state index contributed by atoms with van der Waals surface area (Å²) in [6.07, 6.45) is -2.90. The number of halogens is 3. The number of hydrogen-bond acceptors (Lipinski definition) is 2. The summed E-state index contributed by atoms with van der Waals surface area (Å²) in [5.74, 6) is -0.420. The van der Waals surface area contributed by atoms with Crippen molar-refractivity contribution in [3.63, 3.8) is 0 Å². The first-order chi connectivity index (χ1) is 11.7. The average Bonchev–Trinajstić information content (AvgIpc) is 2.89. The molecule has 0 aliphatic carbocycles. The fraction of sp³-hybridized carbons (Fsp3) is 0.222. The van der Waals surface area contributed by atoms with E-state index in [-0.39, 0.29) is 12.2 Å². The molecule has 7 heteroatoms. The van der Waals surface area contributed by atoms with Crippen molar-refractivity contribution in [3.8, 4) is 0 Å². The highest BCUT2D eigenvalue weighted by atomic mass is 19.4. The maximum absolute atomic E-state index is 12.7. The van der Waals surface area contributed by atoms with Crippen molar-refractivity contribution in [2.45, 2.75) is 26.6 Å². The number of amides is 1. The summed E-state index contributed by atoms with van der Waals surface area (Å²) in [4.78, 5) is 16.5. The van der Waals surface area contributed by atoms with Crippen molar-refractivity contribution in [1.82, 2.24) is 9.55 Å². The molecule has 0 radical (unpaired) electrons. The smallest absolute Gasteiger partial charge is 0.325 e. The van der Waals surface area contributed by atoms with Gasteiger partial charge in [-0.15, -0.1) is 0 Å². The van der Waals surface area contributed by atoms with Gasteiger partial charge < -0.3 is 9.88 Å². The summed E-state index contributed by atoms with van der Waals surface area (Å²) >= 11 is 0. The zero-order valence-electron chi connectivity index (χ0n) is 13.7. The van der Waals surface area contributed by atoms with E-state index in [2.05, 4.69) is 10.3 Å². The second-order valence-electron chi connectivity index (χ2n) is 5.92. The first-order valence-corrected chi connectivity index (χ1v) is 7.63. The molecule has 2 aromatic carbocycles. The van der Waals surface area contributed by atoms with Crippen LogP contribution in [0.4, 0.5) is 18.9 Å². The van der Waals surface area contributed by atoms with Crippen LogP contribution in [0.3, 0.4) is 0 Å². The summed E-state index contributed by atoms with van der Waals surface area (Å²) < 4.78 is 39.9. The number of alkyl halides is 3. The molecule has 1 amide bonds. The third-order valence-electron chi connectivity index (χ3n) is 4.02. The summed E-state index contributed by atoms with van der Waals surface area (Å²) in [6, 6.07) is 8.44. The fourth-order valence-corrected chi connectivity index (χ4v) is 2.57. The number of hydrogen-bond donors (Lipinski definition) is 1. The van der Waals surface area contributed by atoms with Crippen molar-refractivity contribution in [1.29, 1.82) is 0 Å². The van der Waals surface area contributed by atoms with Crippen LogP contribution in [0.1, 0.15) is 16.7 Å². The van der Waals surface area contributed by atoms with Crippen molar-refractivity contribution < 1.29 is 18.0 Å². The zero-order valence-corrected chi connectivity index (χ0v) is 13.7. The third kappa shape index (κ3) is 3.65. The van der Waals surface area contributed by atoms with Gasteiger partial charge in [0.15, 0.2) is 0 Å². The highest BCUT2D eigenvalue weighted by Crippen LogP contribution is 2.30. The second-order valence-corrected chi connectivity index (χ2v) is 5.92. The number of rotatable bonds is 3.